The third-order valence-corrected chi connectivity index (χ3v) is 4.46. The highest BCUT2D eigenvalue weighted by atomic mass is 32.1. The first-order valence-corrected chi connectivity index (χ1v) is 10.3. The van der Waals surface area contributed by atoms with Crippen LogP contribution in [-0.4, -0.2) is 10.2 Å². The predicted molar refractivity (Wildman–Crippen MR) is 132 cm³/mol. The summed E-state index contributed by atoms with van der Waals surface area (Å²) in [5.74, 6) is -0.606. The summed E-state index contributed by atoms with van der Waals surface area (Å²) >= 11 is 10.6. The van der Waals surface area contributed by atoms with Crippen LogP contribution < -0.4 is 21.3 Å². The Morgan fingerprint density at radius 3 is 2.16 bits per heavy atom. The standard InChI is InChI=1S/C23H24F2N4S2/c1-3-20(10-7-16(2)24)28-22(30)26-14-17-5-4-6-18(13-17)15-27-23(31)29-21-11-8-19(25)9-12-21/h3-13H,1,14-15H2,2H3,(H2,26,28,30)(H2,27,29,31)/b16-7+,20-10+. The molecule has 0 aliphatic carbocycles. The second-order valence-corrected chi connectivity index (χ2v) is 7.34. The van der Waals surface area contributed by atoms with Gasteiger partial charge < -0.3 is 21.3 Å². The van der Waals surface area contributed by atoms with Crippen LogP contribution in [0, 0.1) is 5.82 Å². The molecule has 0 spiro atoms. The Morgan fingerprint density at radius 1 is 0.968 bits per heavy atom. The summed E-state index contributed by atoms with van der Waals surface area (Å²) in [5.41, 5.74) is 3.37. The molecular formula is C23H24F2N4S2. The van der Waals surface area contributed by atoms with Gasteiger partial charge in [0.2, 0.25) is 0 Å². The molecule has 8 heteroatoms. The lowest BCUT2D eigenvalue weighted by Crippen LogP contribution is -2.33. The maximum atomic E-state index is 13.0. The van der Waals surface area contributed by atoms with Crippen molar-refractivity contribution in [1.29, 1.82) is 0 Å². The Bertz CT molecular complexity index is 981. The molecule has 0 fully saturated rings. The van der Waals surface area contributed by atoms with Gasteiger partial charge in [-0.25, -0.2) is 8.78 Å². The van der Waals surface area contributed by atoms with Gasteiger partial charge in [0.1, 0.15) is 5.82 Å². The molecule has 0 aromatic heterocycles. The third kappa shape index (κ3) is 9.50. The molecule has 162 valence electrons. The van der Waals surface area contributed by atoms with E-state index in [0.29, 0.717) is 34.7 Å². The minimum atomic E-state index is -0.308. The van der Waals surface area contributed by atoms with Crippen molar-refractivity contribution in [2.24, 2.45) is 0 Å². The molecule has 2 aromatic carbocycles. The van der Waals surface area contributed by atoms with Crippen LogP contribution in [-0.2, 0) is 13.1 Å². The molecule has 0 radical (unpaired) electrons. The number of benzene rings is 2. The van der Waals surface area contributed by atoms with Gasteiger partial charge in [0.05, 0.1) is 5.83 Å². The molecule has 0 aliphatic rings. The predicted octanol–water partition coefficient (Wildman–Crippen LogP) is 5.22. The Morgan fingerprint density at radius 2 is 1.58 bits per heavy atom. The van der Waals surface area contributed by atoms with Crippen molar-refractivity contribution < 1.29 is 8.78 Å². The SMILES string of the molecule is C=C/C(=C\C=C(/C)F)NC(=S)NCc1cccc(CNC(=S)Nc2ccc(F)cc2)c1. The number of halogens is 2. The molecule has 0 amide bonds. The average molecular weight is 459 g/mol. The van der Waals surface area contributed by atoms with Gasteiger partial charge in [-0.15, -0.1) is 0 Å². The average Bonchev–Trinajstić information content (AvgIpc) is 2.75. The largest absolute Gasteiger partial charge is 0.358 e. The number of allylic oxidation sites excluding steroid dienone is 4. The van der Waals surface area contributed by atoms with Crippen molar-refractivity contribution in [3.05, 3.63) is 102 Å². The molecule has 0 bridgehead atoms. The first-order chi connectivity index (χ1) is 14.9. The Labute approximate surface area is 192 Å². The number of rotatable bonds is 8. The first kappa shape index (κ1) is 24.2. The van der Waals surface area contributed by atoms with Crippen molar-refractivity contribution in [3.63, 3.8) is 0 Å². The molecule has 31 heavy (non-hydrogen) atoms. The van der Waals surface area contributed by atoms with Crippen LogP contribution in [0.1, 0.15) is 18.1 Å². The van der Waals surface area contributed by atoms with Crippen molar-refractivity contribution in [2.75, 3.05) is 5.32 Å². The second-order valence-electron chi connectivity index (χ2n) is 6.52. The van der Waals surface area contributed by atoms with Crippen molar-refractivity contribution >= 4 is 40.3 Å². The van der Waals surface area contributed by atoms with Gasteiger partial charge in [0.15, 0.2) is 10.2 Å². The summed E-state index contributed by atoms with van der Waals surface area (Å²) in [6.45, 7) is 6.08. The van der Waals surface area contributed by atoms with Gasteiger partial charge >= 0.3 is 0 Å². The van der Waals surface area contributed by atoms with Crippen LogP contribution in [0.5, 0.6) is 0 Å². The molecular weight excluding hydrogens is 434 g/mol. The summed E-state index contributed by atoms with van der Waals surface area (Å²) in [6, 6.07) is 13.9. The van der Waals surface area contributed by atoms with Crippen molar-refractivity contribution in [2.45, 2.75) is 20.0 Å². The summed E-state index contributed by atoms with van der Waals surface area (Å²) in [6.07, 6.45) is 4.45. The summed E-state index contributed by atoms with van der Waals surface area (Å²) in [4.78, 5) is 0. The van der Waals surface area contributed by atoms with Crippen LogP contribution >= 0.6 is 24.4 Å². The lowest BCUT2D eigenvalue weighted by atomic mass is 10.1. The second kappa shape index (κ2) is 12.6. The van der Waals surface area contributed by atoms with E-state index in [1.165, 1.54) is 25.1 Å². The molecule has 2 rings (SSSR count). The van der Waals surface area contributed by atoms with E-state index in [0.717, 1.165) is 11.1 Å². The number of hydrogen-bond donors (Lipinski definition) is 4. The van der Waals surface area contributed by atoms with Gasteiger partial charge in [-0.3, -0.25) is 0 Å². The van der Waals surface area contributed by atoms with E-state index in [-0.39, 0.29) is 11.6 Å². The van der Waals surface area contributed by atoms with Crippen molar-refractivity contribution in [3.8, 4) is 0 Å². The molecule has 0 atom stereocenters. The van der Waals surface area contributed by atoms with E-state index < -0.39 is 0 Å². The fourth-order valence-electron chi connectivity index (χ4n) is 2.46. The molecule has 0 aliphatic heterocycles. The van der Waals surface area contributed by atoms with E-state index >= 15 is 0 Å². The normalized spacial score (nSPS) is 11.5. The highest BCUT2D eigenvalue weighted by Gasteiger charge is 2.02. The number of thiocarbonyl (C=S) groups is 2. The highest BCUT2D eigenvalue weighted by Crippen LogP contribution is 2.09. The monoisotopic (exact) mass is 458 g/mol. The van der Waals surface area contributed by atoms with Crippen LogP contribution in [0.2, 0.25) is 0 Å². The Hall–Kier alpha value is -3.10. The Balaban J connectivity index is 1.83. The van der Waals surface area contributed by atoms with Crippen molar-refractivity contribution in [1.82, 2.24) is 16.0 Å². The number of nitrogens with one attached hydrogen (secondary N) is 4. The molecule has 2 aromatic rings. The molecule has 0 heterocycles. The van der Waals surface area contributed by atoms with E-state index in [1.54, 1.807) is 24.3 Å². The minimum absolute atomic E-state index is 0.298. The van der Waals surface area contributed by atoms with Crippen LogP contribution in [0.15, 0.2) is 84.9 Å². The van der Waals surface area contributed by atoms with Gasteiger partial charge in [-0.2, -0.15) is 0 Å². The van der Waals surface area contributed by atoms with E-state index in [1.807, 2.05) is 24.3 Å². The van der Waals surface area contributed by atoms with Gasteiger partial charge in [-0.1, -0.05) is 30.8 Å². The van der Waals surface area contributed by atoms with Crippen LogP contribution in [0.3, 0.4) is 0 Å². The topological polar surface area (TPSA) is 48.1 Å². The molecule has 0 saturated carbocycles. The van der Waals surface area contributed by atoms with E-state index in [2.05, 4.69) is 27.8 Å². The fourth-order valence-corrected chi connectivity index (χ4v) is 2.84. The van der Waals surface area contributed by atoms with Crippen LogP contribution in [0.25, 0.3) is 0 Å². The zero-order valence-electron chi connectivity index (χ0n) is 17.0. The van der Waals surface area contributed by atoms with Gasteiger partial charge in [0, 0.05) is 24.5 Å². The molecule has 0 unspecified atom stereocenters. The van der Waals surface area contributed by atoms with Crippen LogP contribution in [0.4, 0.5) is 14.5 Å². The summed E-state index contributed by atoms with van der Waals surface area (Å²) in [7, 11) is 0. The molecule has 4 nitrogen and oxygen atoms in total. The highest BCUT2D eigenvalue weighted by molar-refractivity contribution is 7.80. The first-order valence-electron chi connectivity index (χ1n) is 9.45. The zero-order chi connectivity index (χ0) is 22.6. The quantitative estimate of drug-likeness (QED) is 0.321. The summed E-state index contributed by atoms with van der Waals surface area (Å²) in [5, 5.41) is 13.1. The lowest BCUT2D eigenvalue weighted by Gasteiger charge is -2.13. The summed E-state index contributed by atoms with van der Waals surface area (Å²) < 4.78 is 25.8. The maximum Gasteiger partial charge on any atom is 0.171 e. The van der Waals surface area contributed by atoms with Gasteiger partial charge in [-0.05, 0) is 85.0 Å². The maximum absolute atomic E-state index is 13.0. The van der Waals surface area contributed by atoms with E-state index in [4.69, 9.17) is 24.4 Å². The third-order valence-electron chi connectivity index (χ3n) is 3.97. The zero-order valence-corrected chi connectivity index (χ0v) is 18.7. The molecule has 0 saturated heterocycles. The van der Waals surface area contributed by atoms with Gasteiger partial charge in [0.25, 0.3) is 0 Å². The number of hydrogen-bond acceptors (Lipinski definition) is 2. The fraction of sp³-hybridized carbons (Fsp3) is 0.130. The number of anilines is 1. The minimum Gasteiger partial charge on any atom is -0.358 e. The smallest absolute Gasteiger partial charge is 0.171 e. The Kier molecular flexibility index (Phi) is 9.80. The van der Waals surface area contributed by atoms with E-state index in [9.17, 15) is 8.78 Å². The lowest BCUT2D eigenvalue weighted by molar-refractivity contribution is 0.628. The molecule has 4 N–H and O–H groups in total.